The van der Waals surface area contributed by atoms with Crippen molar-refractivity contribution in [2.45, 2.75) is 50.0 Å². The van der Waals surface area contributed by atoms with Crippen LogP contribution in [0.1, 0.15) is 75.4 Å². The zero-order chi connectivity index (χ0) is 31.5. The molecule has 0 heterocycles. The summed E-state index contributed by atoms with van der Waals surface area (Å²) in [4.78, 5) is 32.9. The highest BCUT2D eigenvalue weighted by atomic mass is 35.5. The number of carbonyl (C=O) groups is 2. The first-order chi connectivity index (χ1) is 21.2. The Hall–Kier alpha value is -3.58. The number of oxime groups is 1. The van der Waals surface area contributed by atoms with Crippen LogP contribution >= 0.6 is 35.1 Å². The fourth-order valence-corrected chi connectivity index (χ4v) is 6.36. The summed E-state index contributed by atoms with van der Waals surface area (Å²) < 4.78 is 0. The predicted molar refractivity (Wildman–Crippen MR) is 186 cm³/mol. The van der Waals surface area contributed by atoms with Gasteiger partial charge in [0.2, 0.25) is 5.78 Å². The van der Waals surface area contributed by atoms with E-state index in [-0.39, 0.29) is 16.8 Å². The molecule has 0 spiro atoms. The Morgan fingerprint density at radius 1 is 0.909 bits per heavy atom. The van der Waals surface area contributed by atoms with Crippen molar-refractivity contribution < 1.29 is 14.4 Å². The van der Waals surface area contributed by atoms with Gasteiger partial charge in [0.05, 0.1) is 0 Å². The molecule has 226 valence electrons. The van der Waals surface area contributed by atoms with Crippen molar-refractivity contribution >= 4 is 52.4 Å². The maximum atomic E-state index is 13.4. The van der Waals surface area contributed by atoms with Crippen LogP contribution in [0.25, 0.3) is 0 Å². The molecule has 0 unspecified atom stereocenters. The van der Waals surface area contributed by atoms with Crippen LogP contribution in [-0.4, -0.2) is 23.0 Å². The van der Waals surface area contributed by atoms with E-state index in [1.165, 1.54) is 5.56 Å². The summed E-state index contributed by atoms with van der Waals surface area (Å²) in [6.07, 6.45) is 2.30. The maximum Gasteiger partial charge on any atom is 0.210 e. The number of aryl methyl sites for hydroxylation is 1. The lowest BCUT2D eigenvalue weighted by Crippen LogP contribution is -2.16. The average molecular weight is 642 g/mol. The van der Waals surface area contributed by atoms with Gasteiger partial charge in [-0.3, -0.25) is 9.59 Å². The second-order valence-corrected chi connectivity index (χ2v) is 13.3. The van der Waals surface area contributed by atoms with Gasteiger partial charge in [-0.05, 0) is 92.6 Å². The van der Waals surface area contributed by atoms with E-state index < -0.39 is 0 Å². The van der Waals surface area contributed by atoms with Gasteiger partial charge >= 0.3 is 0 Å². The lowest BCUT2D eigenvalue weighted by molar-refractivity contribution is 0.103. The lowest BCUT2D eigenvalue weighted by Gasteiger charge is -2.13. The molecule has 0 N–H and O–H groups in total. The second kappa shape index (κ2) is 16.5. The van der Waals surface area contributed by atoms with Crippen molar-refractivity contribution in [3.05, 3.63) is 147 Å². The summed E-state index contributed by atoms with van der Waals surface area (Å²) in [6, 6.07) is 30.9. The van der Waals surface area contributed by atoms with E-state index in [9.17, 15) is 9.59 Å². The Morgan fingerprint density at radius 3 is 2.23 bits per heavy atom. The van der Waals surface area contributed by atoms with Crippen LogP contribution in [0.15, 0.2) is 119 Å². The molecular weight excluding hydrogens is 606 g/mol. The van der Waals surface area contributed by atoms with Crippen molar-refractivity contribution in [2.24, 2.45) is 5.16 Å². The molecular formula is C37H36ClNO3S2. The summed E-state index contributed by atoms with van der Waals surface area (Å²) in [7, 11) is 0. The number of benzene rings is 4. The van der Waals surface area contributed by atoms with Gasteiger partial charge in [0.1, 0.15) is 11.5 Å². The second-order valence-electron chi connectivity index (χ2n) is 10.3. The third-order valence-corrected chi connectivity index (χ3v) is 9.55. The largest absolute Gasteiger partial charge is 0.362 e. The summed E-state index contributed by atoms with van der Waals surface area (Å²) in [5, 5.41) is 5.09. The van der Waals surface area contributed by atoms with Crippen molar-refractivity contribution in [3.63, 3.8) is 0 Å². The van der Waals surface area contributed by atoms with Gasteiger partial charge in [-0.1, -0.05) is 77.4 Å². The molecule has 0 aliphatic carbocycles. The number of rotatable bonds is 14. The maximum absolute atomic E-state index is 13.4. The zero-order valence-electron chi connectivity index (χ0n) is 25.4. The number of ketones is 2. The van der Waals surface area contributed by atoms with Crippen LogP contribution in [0.2, 0.25) is 5.02 Å². The number of Topliss-reactive ketones (excluding diaryl/α,β-unsaturated/α-hetero) is 1. The molecule has 7 heteroatoms. The molecule has 0 aromatic heterocycles. The number of hydrogen-bond donors (Lipinski definition) is 0. The molecule has 4 rings (SSSR count). The topological polar surface area (TPSA) is 55.7 Å². The van der Waals surface area contributed by atoms with Crippen LogP contribution in [0.4, 0.5) is 0 Å². The number of halogens is 1. The molecule has 44 heavy (non-hydrogen) atoms. The highest BCUT2D eigenvalue weighted by Gasteiger charge is 2.17. The molecule has 4 nitrogen and oxygen atoms in total. The van der Waals surface area contributed by atoms with E-state index in [0.29, 0.717) is 29.0 Å². The molecule has 0 saturated carbocycles. The van der Waals surface area contributed by atoms with Crippen molar-refractivity contribution in [1.82, 2.24) is 0 Å². The van der Waals surface area contributed by atoms with E-state index in [4.69, 9.17) is 16.4 Å². The molecule has 4 aromatic carbocycles. The smallest absolute Gasteiger partial charge is 0.210 e. The first-order valence-electron chi connectivity index (χ1n) is 14.5. The van der Waals surface area contributed by atoms with E-state index in [0.717, 1.165) is 38.1 Å². The zero-order valence-corrected chi connectivity index (χ0v) is 27.8. The number of hydrogen-bond acceptors (Lipinski definition) is 6. The van der Waals surface area contributed by atoms with Gasteiger partial charge in [0.25, 0.3) is 0 Å². The Labute approximate surface area is 273 Å². The molecule has 0 radical (unpaired) electrons. The molecule has 0 aliphatic rings. The summed E-state index contributed by atoms with van der Waals surface area (Å²) in [5.74, 6) is 2.08. The standard InChI is InChI=1S/C37H36ClNO3S2/c1-5-26(3)42-39-35(22-23-43-24-28-10-18-32(38)19-11-28)37(41)31-14-12-29(13-15-31)27(4)44-33-20-16-30(17-21-33)36(40)34-9-7-6-8-25(34)2/h5-21,27H,22-24H2,1-4H3/b26-5-,39-35+/t27-/m0/s1. The van der Waals surface area contributed by atoms with Crippen molar-refractivity contribution in [3.8, 4) is 0 Å². The van der Waals surface area contributed by atoms with E-state index >= 15 is 0 Å². The Balaban J connectivity index is 1.37. The molecule has 0 fully saturated rings. The van der Waals surface area contributed by atoms with Gasteiger partial charge < -0.3 is 4.84 Å². The highest BCUT2D eigenvalue weighted by Crippen LogP contribution is 2.35. The SMILES string of the molecule is C/C=C(/C)O/N=C(\CCSCc1ccc(Cl)cc1)C(=O)c1ccc([C@H](C)Sc2ccc(C(=O)c3ccccc3C)cc2)cc1. The number of allylic oxidation sites excluding steroid dienone is 2. The number of nitrogens with zero attached hydrogens (tertiary/aromatic N) is 1. The third-order valence-electron chi connectivity index (χ3n) is 7.09. The number of carbonyl (C=O) groups excluding carboxylic acids is 2. The lowest BCUT2D eigenvalue weighted by atomic mass is 9.99. The first-order valence-corrected chi connectivity index (χ1v) is 16.9. The minimum atomic E-state index is -0.137. The normalized spacial score (nSPS) is 12.6. The van der Waals surface area contributed by atoms with E-state index in [2.05, 4.69) is 12.1 Å². The van der Waals surface area contributed by atoms with Crippen LogP contribution < -0.4 is 0 Å². The van der Waals surface area contributed by atoms with Gasteiger partial charge in [-0.2, -0.15) is 11.8 Å². The van der Waals surface area contributed by atoms with Gasteiger partial charge in [0.15, 0.2) is 5.78 Å². The first kappa shape index (κ1) is 33.3. The van der Waals surface area contributed by atoms with Crippen molar-refractivity contribution in [2.75, 3.05) is 5.75 Å². The Morgan fingerprint density at radius 2 is 1.57 bits per heavy atom. The minimum absolute atomic E-state index is 0.0299. The monoisotopic (exact) mass is 641 g/mol. The average Bonchev–Trinajstić information content (AvgIpc) is 3.05. The molecule has 0 amide bonds. The van der Waals surface area contributed by atoms with E-state index in [1.807, 2.05) is 124 Å². The molecule has 0 saturated heterocycles. The molecule has 0 aliphatic heterocycles. The highest BCUT2D eigenvalue weighted by molar-refractivity contribution is 7.99. The third kappa shape index (κ3) is 9.46. The summed E-state index contributed by atoms with van der Waals surface area (Å²) in [6.45, 7) is 7.76. The number of thioether (sulfide) groups is 2. The fourth-order valence-electron chi connectivity index (χ4n) is 4.33. The fraction of sp³-hybridized carbons (Fsp3) is 0.216. The van der Waals surface area contributed by atoms with E-state index in [1.54, 1.807) is 23.5 Å². The van der Waals surface area contributed by atoms with Gasteiger partial charge in [-0.25, -0.2) is 0 Å². The molecule has 4 aromatic rings. The van der Waals surface area contributed by atoms with Crippen LogP contribution in [0.3, 0.4) is 0 Å². The summed E-state index contributed by atoms with van der Waals surface area (Å²) in [5.41, 5.74) is 5.62. The van der Waals surface area contributed by atoms with Gasteiger partial charge in [-0.15, -0.1) is 11.8 Å². The quantitative estimate of drug-likeness (QED) is 0.0342. The minimum Gasteiger partial charge on any atom is -0.362 e. The predicted octanol–water partition coefficient (Wildman–Crippen LogP) is 10.5. The summed E-state index contributed by atoms with van der Waals surface area (Å²) >= 11 is 9.43. The van der Waals surface area contributed by atoms with Crippen LogP contribution in [0, 0.1) is 6.92 Å². The van der Waals surface area contributed by atoms with Crippen LogP contribution in [-0.2, 0) is 10.6 Å². The Bertz CT molecular complexity index is 1630. The molecule has 0 bridgehead atoms. The van der Waals surface area contributed by atoms with Crippen molar-refractivity contribution in [1.29, 1.82) is 0 Å². The van der Waals surface area contributed by atoms with Crippen LogP contribution in [0.5, 0.6) is 0 Å². The van der Waals surface area contributed by atoms with Gasteiger partial charge in [0, 0.05) is 44.0 Å². The molecule has 1 atom stereocenters. The Kier molecular flexibility index (Phi) is 12.5.